The first kappa shape index (κ1) is 16.0. The lowest BCUT2D eigenvalue weighted by atomic mass is 9.75. The molecule has 1 aliphatic carbocycles. The highest BCUT2D eigenvalue weighted by atomic mass is 16.7. The fourth-order valence-corrected chi connectivity index (χ4v) is 3.44. The van der Waals surface area contributed by atoms with Crippen molar-refractivity contribution in [2.45, 2.75) is 31.4 Å². The molecule has 1 aliphatic heterocycles. The average Bonchev–Trinajstić information content (AvgIpc) is 3.18. The summed E-state index contributed by atoms with van der Waals surface area (Å²) in [6.45, 7) is 0.220. The van der Waals surface area contributed by atoms with E-state index in [9.17, 15) is 9.90 Å². The van der Waals surface area contributed by atoms with Crippen LogP contribution >= 0.6 is 0 Å². The number of aliphatic hydroxyl groups is 1. The zero-order valence-corrected chi connectivity index (χ0v) is 14.0. The molecule has 2 heterocycles. The van der Waals surface area contributed by atoms with E-state index in [-0.39, 0.29) is 37.2 Å². The molecule has 1 saturated carbocycles. The van der Waals surface area contributed by atoms with Crippen LogP contribution in [0.4, 0.5) is 0 Å². The molecule has 4 rings (SSSR count). The molecule has 25 heavy (non-hydrogen) atoms. The number of aryl methyl sites for hydroxylation is 1. The van der Waals surface area contributed by atoms with Gasteiger partial charge in [0.05, 0.1) is 24.8 Å². The second-order valence-electron chi connectivity index (χ2n) is 6.74. The first-order valence-electron chi connectivity index (χ1n) is 8.43. The number of nitrogens with one attached hydrogen (secondary N) is 1. The molecule has 0 spiro atoms. The highest BCUT2D eigenvalue weighted by Crippen LogP contribution is 2.38. The highest BCUT2D eigenvalue weighted by molar-refractivity contribution is 5.79. The van der Waals surface area contributed by atoms with Crippen molar-refractivity contribution in [3.63, 3.8) is 0 Å². The molecule has 1 amide bonds. The lowest BCUT2D eigenvalue weighted by Gasteiger charge is -2.37. The van der Waals surface area contributed by atoms with Gasteiger partial charge in [0.2, 0.25) is 12.7 Å². The fraction of sp³-hybridized carbons (Fsp3) is 0.444. The second kappa shape index (κ2) is 6.40. The minimum absolute atomic E-state index is 0.0610. The van der Waals surface area contributed by atoms with Crippen molar-refractivity contribution >= 4 is 5.91 Å². The van der Waals surface area contributed by atoms with Gasteiger partial charge in [-0.3, -0.25) is 9.48 Å². The van der Waals surface area contributed by atoms with Crippen molar-refractivity contribution in [3.8, 4) is 11.5 Å². The van der Waals surface area contributed by atoms with Crippen molar-refractivity contribution in [1.82, 2.24) is 15.1 Å². The van der Waals surface area contributed by atoms with Crippen LogP contribution < -0.4 is 14.8 Å². The molecule has 2 aromatic rings. The van der Waals surface area contributed by atoms with E-state index in [2.05, 4.69) is 10.4 Å². The van der Waals surface area contributed by atoms with E-state index in [1.54, 1.807) is 10.9 Å². The van der Waals surface area contributed by atoms with Gasteiger partial charge in [0, 0.05) is 18.8 Å². The fourth-order valence-electron chi connectivity index (χ4n) is 3.44. The van der Waals surface area contributed by atoms with E-state index < -0.39 is 0 Å². The smallest absolute Gasteiger partial charge is 0.231 e. The Morgan fingerprint density at radius 2 is 2.20 bits per heavy atom. The Balaban J connectivity index is 1.45. The Morgan fingerprint density at radius 3 is 2.92 bits per heavy atom. The minimum atomic E-state index is -0.269. The summed E-state index contributed by atoms with van der Waals surface area (Å²) in [7, 11) is 1.85. The van der Waals surface area contributed by atoms with Gasteiger partial charge in [-0.15, -0.1) is 0 Å². The molecular weight excluding hydrogens is 322 g/mol. The highest BCUT2D eigenvalue weighted by Gasteiger charge is 2.36. The number of amides is 1. The van der Waals surface area contributed by atoms with Gasteiger partial charge in [-0.05, 0) is 36.5 Å². The number of hydrogen-bond donors (Lipinski definition) is 2. The first-order chi connectivity index (χ1) is 12.1. The lowest BCUT2D eigenvalue weighted by Crippen LogP contribution is -2.41. The predicted molar refractivity (Wildman–Crippen MR) is 89.1 cm³/mol. The molecular formula is C18H21N3O4. The van der Waals surface area contributed by atoms with Crippen LogP contribution in [0.2, 0.25) is 0 Å². The SMILES string of the molecule is Cn1cc([C@H](NC(=O)Cc2ccc3c(c2)OCO3)C2CC(O)C2)cn1. The standard InChI is InChI=1S/C18H21N3O4/c1-21-9-13(8-19-21)18(12-6-14(22)7-12)20-17(23)5-11-2-3-15-16(4-11)25-10-24-15/h2-4,8-9,12,14,18,22H,5-7,10H2,1H3,(H,20,23)/t12?,14?,18-/m1/s1. The average molecular weight is 343 g/mol. The number of rotatable bonds is 5. The van der Waals surface area contributed by atoms with E-state index in [0.717, 1.165) is 11.1 Å². The molecule has 1 atom stereocenters. The van der Waals surface area contributed by atoms with Crippen LogP contribution in [0, 0.1) is 5.92 Å². The molecule has 132 valence electrons. The molecule has 0 radical (unpaired) electrons. The van der Waals surface area contributed by atoms with Crippen LogP contribution in [0.15, 0.2) is 30.6 Å². The summed E-state index contributed by atoms with van der Waals surface area (Å²) in [6, 6.07) is 5.41. The molecule has 1 aromatic carbocycles. The summed E-state index contributed by atoms with van der Waals surface area (Å²) in [4.78, 5) is 12.6. The van der Waals surface area contributed by atoms with Gasteiger partial charge in [-0.1, -0.05) is 6.07 Å². The van der Waals surface area contributed by atoms with Gasteiger partial charge in [-0.25, -0.2) is 0 Å². The number of carbonyl (C=O) groups is 1. The Kier molecular flexibility index (Phi) is 4.09. The summed E-state index contributed by atoms with van der Waals surface area (Å²) in [6.07, 6.45) is 5.08. The van der Waals surface area contributed by atoms with Crippen LogP contribution in [-0.4, -0.2) is 33.7 Å². The summed E-state index contributed by atoms with van der Waals surface area (Å²) >= 11 is 0. The quantitative estimate of drug-likeness (QED) is 0.855. The van der Waals surface area contributed by atoms with E-state index in [4.69, 9.17) is 9.47 Å². The number of aromatic nitrogens is 2. The zero-order chi connectivity index (χ0) is 17.4. The number of hydrogen-bond acceptors (Lipinski definition) is 5. The van der Waals surface area contributed by atoms with Crippen molar-refractivity contribution < 1.29 is 19.4 Å². The third-order valence-electron chi connectivity index (χ3n) is 4.82. The van der Waals surface area contributed by atoms with Gasteiger partial charge in [0.15, 0.2) is 11.5 Å². The van der Waals surface area contributed by atoms with Crippen LogP contribution in [0.5, 0.6) is 11.5 Å². The molecule has 0 saturated heterocycles. The predicted octanol–water partition coefficient (Wildman–Crippen LogP) is 1.32. The Bertz CT molecular complexity index is 782. The normalized spacial score (nSPS) is 22.3. The molecule has 1 aromatic heterocycles. The molecule has 1 fully saturated rings. The van der Waals surface area contributed by atoms with E-state index in [0.29, 0.717) is 24.3 Å². The molecule has 7 nitrogen and oxygen atoms in total. The molecule has 7 heteroatoms. The van der Waals surface area contributed by atoms with Gasteiger partial charge in [0.1, 0.15) is 0 Å². The largest absolute Gasteiger partial charge is 0.454 e. The molecule has 2 aliphatic rings. The van der Waals surface area contributed by atoms with Gasteiger partial charge >= 0.3 is 0 Å². The van der Waals surface area contributed by atoms with E-state index in [1.807, 2.05) is 31.4 Å². The van der Waals surface area contributed by atoms with Gasteiger partial charge in [0.25, 0.3) is 0 Å². The van der Waals surface area contributed by atoms with Crippen LogP contribution in [0.25, 0.3) is 0 Å². The van der Waals surface area contributed by atoms with E-state index in [1.165, 1.54) is 0 Å². The van der Waals surface area contributed by atoms with Crippen molar-refractivity contribution in [2.75, 3.05) is 6.79 Å². The van der Waals surface area contributed by atoms with Gasteiger partial charge < -0.3 is 19.9 Å². The lowest BCUT2D eigenvalue weighted by molar-refractivity contribution is -0.122. The number of benzene rings is 1. The first-order valence-corrected chi connectivity index (χ1v) is 8.43. The number of aliphatic hydroxyl groups excluding tert-OH is 1. The van der Waals surface area contributed by atoms with E-state index >= 15 is 0 Å². The number of ether oxygens (including phenoxy) is 2. The van der Waals surface area contributed by atoms with Crippen molar-refractivity contribution in [1.29, 1.82) is 0 Å². The summed E-state index contributed by atoms with van der Waals surface area (Å²) in [5.74, 6) is 1.56. The number of carbonyl (C=O) groups excluding carboxylic acids is 1. The molecule has 0 unspecified atom stereocenters. The summed E-state index contributed by atoms with van der Waals surface area (Å²) in [5.41, 5.74) is 1.85. The number of fused-ring (bicyclic) bond motifs is 1. The van der Waals surface area contributed by atoms with Gasteiger partial charge in [-0.2, -0.15) is 5.10 Å². The van der Waals surface area contributed by atoms with Crippen LogP contribution in [0.3, 0.4) is 0 Å². The third-order valence-corrected chi connectivity index (χ3v) is 4.82. The maximum Gasteiger partial charge on any atom is 0.231 e. The third kappa shape index (κ3) is 3.32. The summed E-state index contributed by atoms with van der Waals surface area (Å²) in [5, 5.41) is 16.9. The maximum absolute atomic E-state index is 12.6. The van der Waals surface area contributed by atoms with Crippen LogP contribution in [-0.2, 0) is 18.3 Å². The topological polar surface area (TPSA) is 85.6 Å². The Labute approximate surface area is 145 Å². The maximum atomic E-state index is 12.6. The zero-order valence-electron chi connectivity index (χ0n) is 14.0. The Morgan fingerprint density at radius 1 is 1.40 bits per heavy atom. The Hall–Kier alpha value is -2.54. The van der Waals surface area contributed by atoms with Crippen LogP contribution in [0.1, 0.15) is 30.0 Å². The van der Waals surface area contributed by atoms with Crippen molar-refractivity contribution in [3.05, 3.63) is 41.7 Å². The monoisotopic (exact) mass is 343 g/mol. The minimum Gasteiger partial charge on any atom is -0.454 e. The van der Waals surface area contributed by atoms with Crippen molar-refractivity contribution in [2.24, 2.45) is 13.0 Å². The molecule has 2 N–H and O–H groups in total. The molecule has 0 bridgehead atoms. The second-order valence-corrected chi connectivity index (χ2v) is 6.74. The number of nitrogens with zero attached hydrogens (tertiary/aromatic N) is 2. The summed E-state index contributed by atoms with van der Waals surface area (Å²) < 4.78 is 12.4.